The van der Waals surface area contributed by atoms with E-state index in [-0.39, 0.29) is 6.10 Å². The van der Waals surface area contributed by atoms with Crippen molar-refractivity contribution in [3.8, 4) is 0 Å². The molecular weight excluding hydrogens is 296 g/mol. The van der Waals surface area contributed by atoms with Gasteiger partial charge in [0.2, 0.25) is 0 Å². The van der Waals surface area contributed by atoms with Crippen LogP contribution in [-0.2, 0) is 18.3 Å². The summed E-state index contributed by atoms with van der Waals surface area (Å²) < 4.78 is 7.76. The molecular formula is C16H24N4OS. The van der Waals surface area contributed by atoms with Crippen LogP contribution in [0.15, 0.2) is 17.8 Å². The second-order valence-electron chi connectivity index (χ2n) is 5.80. The van der Waals surface area contributed by atoms with E-state index in [0.717, 1.165) is 36.2 Å². The van der Waals surface area contributed by atoms with Crippen LogP contribution in [0, 0.1) is 0 Å². The van der Waals surface area contributed by atoms with E-state index in [1.54, 1.807) is 11.3 Å². The number of ether oxygens (including phenoxy) is 1. The maximum absolute atomic E-state index is 5.63. The number of aromatic nitrogens is 3. The Kier molecular flexibility index (Phi) is 4.90. The lowest BCUT2D eigenvalue weighted by molar-refractivity contribution is 0.0760. The van der Waals surface area contributed by atoms with Crippen molar-refractivity contribution >= 4 is 11.3 Å². The summed E-state index contributed by atoms with van der Waals surface area (Å²) >= 11 is 1.70. The molecule has 0 unspecified atom stereocenters. The molecule has 0 saturated carbocycles. The third-order valence-corrected chi connectivity index (χ3v) is 5.27. The van der Waals surface area contributed by atoms with E-state index >= 15 is 0 Å². The lowest BCUT2D eigenvalue weighted by atomic mass is 10.2. The van der Waals surface area contributed by atoms with Gasteiger partial charge in [-0.05, 0) is 33.2 Å². The topological polar surface area (TPSA) is 43.2 Å². The van der Waals surface area contributed by atoms with E-state index in [0.29, 0.717) is 6.04 Å². The zero-order chi connectivity index (χ0) is 15.5. The van der Waals surface area contributed by atoms with Gasteiger partial charge in [0.1, 0.15) is 16.9 Å². The number of nitrogens with zero attached hydrogens (tertiary/aromatic N) is 4. The minimum Gasteiger partial charge on any atom is -0.372 e. The smallest absolute Gasteiger partial charge is 0.125 e. The van der Waals surface area contributed by atoms with E-state index in [1.165, 1.54) is 12.8 Å². The SMILES string of the molecule is CCO[C@H](C)c1nc(CN2CCC[C@H]2c2nccn2C)cs1. The van der Waals surface area contributed by atoms with Crippen molar-refractivity contribution in [1.82, 2.24) is 19.4 Å². The van der Waals surface area contributed by atoms with Crippen LogP contribution in [0.25, 0.3) is 0 Å². The molecule has 1 aliphatic heterocycles. The van der Waals surface area contributed by atoms with E-state index in [1.807, 2.05) is 19.3 Å². The lowest BCUT2D eigenvalue weighted by Gasteiger charge is -2.23. The van der Waals surface area contributed by atoms with Crippen LogP contribution < -0.4 is 0 Å². The van der Waals surface area contributed by atoms with Crippen molar-refractivity contribution in [2.45, 2.75) is 45.4 Å². The molecule has 0 radical (unpaired) electrons. The number of hydrogen-bond acceptors (Lipinski definition) is 5. The quantitative estimate of drug-likeness (QED) is 0.819. The fourth-order valence-corrected chi connectivity index (χ4v) is 3.93. The number of thiazole rings is 1. The van der Waals surface area contributed by atoms with E-state index in [4.69, 9.17) is 9.72 Å². The van der Waals surface area contributed by atoms with E-state index < -0.39 is 0 Å². The van der Waals surface area contributed by atoms with Crippen LogP contribution in [0.3, 0.4) is 0 Å². The van der Waals surface area contributed by atoms with Crippen LogP contribution in [0.2, 0.25) is 0 Å². The average molecular weight is 320 g/mol. The van der Waals surface area contributed by atoms with Gasteiger partial charge in [-0.2, -0.15) is 0 Å². The van der Waals surface area contributed by atoms with Gasteiger partial charge in [-0.1, -0.05) is 0 Å². The second kappa shape index (κ2) is 6.89. The molecule has 0 aliphatic carbocycles. The normalized spacial score (nSPS) is 20.6. The highest BCUT2D eigenvalue weighted by Gasteiger charge is 2.29. The van der Waals surface area contributed by atoms with Gasteiger partial charge in [0, 0.05) is 38.0 Å². The van der Waals surface area contributed by atoms with Crippen molar-refractivity contribution in [2.75, 3.05) is 13.2 Å². The molecule has 5 nitrogen and oxygen atoms in total. The zero-order valence-electron chi connectivity index (χ0n) is 13.5. The fourth-order valence-electron chi connectivity index (χ4n) is 3.12. The second-order valence-corrected chi connectivity index (χ2v) is 6.69. The van der Waals surface area contributed by atoms with Gasteiger partial charge in [0.25, 0.3) is 0 Å². The molecule has 0 aromatic carbocycles. The van der Waals surface area contributed by atoms with E-state index in [9.17, 15) is 0 Å². The maximum Gasteiger partial charge on any atom is 0.125 e. The Hall–Kier alpha value is -1.24. The first-order chi connectivity index (χ1) is 10.7. The first-order valence-corrected chi connectivity index (χ1v) is 8.84. The first-order valence-electron chi connectivity index (χ1n) is 7.96. The van der Waals surface area contributed by atoms with Crippen molar-refractivity contribution in [1.29, 1.82) is 0 Å². The van der Waals surface area contributed by atoms with Gasteiger partial charge in [0.05, 0.1) is 11.7 Å². The molecule has 3 rings (SSSR count). The molecule has 0 spiro atoms. The van der Waals surface area contributed by atoms with Crippen LogP contribution in [-0.4, -0.2) is 32.6 Å². The monoisotopic (exact) mass is 320 g/mol. The zero-order valence-corrected chi connectivity index (χ0v) is 14.3. The van der Waals surface area contributed by atoms with Gasteiger partial charge < -0.3 is 9.30 Å². The molecule has 120 valence electrons. The Morgan fingerprint density at radius 2 is 2.36 bits per heavy atom. The van der Waals surface area contributed by atoms with Crippen LogP contribution in [0.1, 0.15) is 55.4 Å². The summed E-state index contributed by atoms with van der Waals surface area (Å²) in [6.07, 6.45) is 6.40. The summed E-state index contributed by atoms with van der Waals surface area (Å²) in [5.74, 6) is 1.16. The molecule has 0 amide bonds. The summed E-state index contributed by atoms with van der Waals surface area (Å²) in [4.78, 5) is 11.8. The molecule has 2 aromatic heterocycles. The molecule has 6 heteroatoms. The van der Waals surface area contributed by atoms with Crippen molar-refractivity contribution in [3.05, 3.63) is 34.3 Å². The van der Waals surface area contributed by atoms with Crippen LogP contribution in [0.4, 0.5) is 0 Å². The summed E-state index contributed by atoms with van der Waals surface area (Å²) in [6.45, 7) is 6.83. The molecule has 1 aliphatic rings. The van der Waals surface area contributed by atoms with Crippen molar-refractivity contribution in [3.63, 3.8) is 0 Å². The average Bonchev–Trinajstić information content (AvgIpc) is 3.20. The van der Waals surface area contributed by atoms with Crippen LogP contribution in [0.5, 0.6) is 0 Å². The molecule has 1 fully saturated rings. The maximum atomic E-state index is 5.63. The van der Waals surface area contributed by atoms with Crippen molar-refractivity contribution in [2.24, 2.45) is 7.05 Å². The molecule has 1 saturated heterocycles. The lowest BCUT2D eigenvalue weighted by Crippen LogP contribution is -2.25. The first kappa shape index (κ1) is 15.6. The molecule has 2 aromatic rings. The Morgan fingerprint density at radius 3 is 3.09 bits per heavy atom. The largest absolute Gasteiger partial charge is 0.372 e. The number of imidazole rings is 1. The molecule has 0 bridgehead atoms. The number of rotatable bonds is 6. The highest BCUT2D eigenvalue weighted by Crippen LogP contribution is 2.32. The standard InChI is InChI=1S/C16H24N4OS/c1-4-21-12(2)16-18-13(11-22-16)10-20-8-5-6-14(20)15-17-7-9-19(15)3/h7,9,11-12,14H,4-6,8,10H2,1-3H3/t12-,14+/m1/s1. The molecule has 3 heterocycles. The van der Waals surface area contributed by atoms with Crippen molar-refractivity contribution < 1.29 is 4.74 Å². The van der Waals surface area contributed by atoms with Gasteiger partial charge in [-0.3, -0.25) is 4.90 Å². The highest BCUT2D eigenvalue weighted by molar-refractivity contribution is 7.09. The predicted octanol–water partition coefficient (Wildman–Crippen LogP) is 3.31. The Labute approximate surface area is 136 Å². The molecule has 2 atom stereocenters. The van der Waals surface area contributed by atoms with Gasteiger partial charge in [0.15, 0.2) is 0 Å². The highest BCUT2D eigenvalue weighted by atomic mass is 32.1. The fraction of sp³-hybridized carbons (Fsp3) is 0.625. The summed E-state index contributed by atoms with van der Waals surface area (Å²) in [5, 5.41) is 3.24. The van der Waals surface area contributed by atoms with E-state index in [2.05, 4.69) is 33.8 Å². The summed E-state index contributed by atoms with van der Waals surface area (Å²) in [5.41, 5.74) is 1.15. The number of hydrogen-bond donors (Lipinski definition) is 0. The Morgan fingerprint density at radius 1 is 1.50 bits per heavy atom. The Bertz CT molecular complexity index is 609. The summed E-state index contributed by atoms with van der Waals surface area (Å²) in [6, 6.07) is 0.412. The van der Waals surface area contributed by atoms with Gasteiger partial charge in [-0.15, -0.1) is 11.3 Å². The molecule has 0 N–H and O–H groups in total. The van der Waals surface area contributed by atoms with Gasteiger partial charge in [-0.25, -0.2) is 9.97 Å². The predicted molar refractivity (Wildman–Crippen MR) is 87.7 cm³/mol. The minimum absolute atomic E-state index is 0.0904. The van der Waals surface area contributed by atoms with Crippen LogP contribution >= 0.6 is 11.3 Å². The third kappa shape index (κ3) is 3.24. The number of likely N-dealkylation sites (tertiary alicyclic amines) is 1. The minimum atomic E-state index is 0.0904. The summed E-state index contributed by atoms with van der Waals surface area (Å²) in [7, 11) is 2.07. The molecule has 22 heavy (non-hydrogen) atoms. The number of aryl methyl sites for hydroxylation is 1. The Balaban J connectivity index is 1.69. The van der Waals surface area contributed by atoms with Gasteiger partial charge >= 0.3 is 0 Å². The third-order valence-electron chi connectivity index (χ3n) is 4.22.